The molecule has 2 aromatic carbocycles. The summed E-state index contributed by atoms with van der Waals surface area (Å²) in [7, 11) is -3.35. The standard InChI is InChI=1S/C21H24N4O2S/c1-15(2)24-28(26,27)17-12-13-25(14-17)21-18-10-6-7-11-19(18)22-20(23-21)16-8-4-3-5-9-16/h3-11,15,17,24H,12-14H2,1-2H3. The molecule has 0 bridgehead atoms. The van der Waals surface area contributed by atoms with Crippen molar-refractivity contribution in [3.05, 3.63) is 54.6 Å². The summed E-state index contributed by atoms with van der Waals surface area (Å²) >= 11 is 0. The predicted molar refractivity (Wildman–Crippen MR) is 113 cm³/mol. The van der Waals surface area contributed by atoms with Gasteiger partial charge in [0.1, 0.15) is 5.82 Å². The number of aromatic nitrogens is 2. The molecule has 0 radical (unpaired) electrons. The second-order valence-corrected chi connectivity index (χ2v) is 9.42. The number of rotatable bonds is 5. The van der Waals surface area contributed by atoms with Gasteiger partial charge in [-0.05, 0) is 32.4 Å². The molecule has 3 aromatic rings. The molecule has 0 aliphatic carbocycles. The summed E-state index contributed by atoms with van der Waals surface area (Å²) < 4.78 is 27.9. The van der Waals surface area contributed by atoms with E-state index in [4.69, 9.17) is 9.97 Å². The maximum absolute atomic E-state index is 12.6. The van der Waals surface area contributed by atoms with E-state index in [0.29, 0.717) is 25.3 Å². The first kappa shape index (κ1) is 18.8. The van der Waals surface area contributed by atoms with Crippen molar-refractivity contribution in [2.75, 3.05) is 18.0 Å². The van der Waals surface area contributed by atoms with Crippen LogP contribution >= 0.6 is 0 Å². The highest BCUT2D eigenvalue weighted by molar-refractivity contribution is 7.90. The van der Waals surface area contributed by atoms with Crippen LogP contribution in [0.4, 0.5) is 5.82 Å². The van der Waals surface area contributed by atoms with Crippen LogP contribution in [0.3, 0.4) is 0 Å². The lowest BCUT2D eigenvalue weighted by atomic mass is 10.2. The molecule has 6 nitrogen and oxygen atoms in total. The van der Waals surface area contributed by atoms with E-state index in [1.54, 1.807) is 0 Å². The van der Waals surface area contributed by atoms with Crippen molar-refractivity contribution in [1.29, 1.82) is 0 Å². The molecule has 1 aromatic heterocycles. The number of benzene rings is 2. The second-order valence-electron chi connectivity index (χ2n) is 7.43. The molecular formula is C21H24N4O2S. The summed E-state index contributed by atoms with van der Waals surface area (Å²) in [5.41, 5.74) is 1.80. The number of anilines is 1. The van der Waals surface area contributed by atoms with Gasteiger partial charge in [-0.25, -0.2) is 23.1 Å². The lowest BCUT2D eigenvalue weighted by Crippen LogP contribution is -2.39. The molecule has 7 heteroatoms. The van der Waals surface area contributed by atoms with E-state index in [1.165, 1.54) is 0 Å². The van der Waals surface area contributed by atoms with Gasteiger partial charge in [-0.2, -0.15) is 0 Å². The van der Waals surface area contributed by atoms with Crippen LogP contribution < -0.4 is 9.62 Å². The second kappa shape index (κ2) is 7.48. The molecule has 1 aliphatic rings. The first-order valence-electron chi connectivity index (χ1n) is 9.52. The number of sulfonamides is 1. The third-order valence-corrected chi connectivity index (χ3v) is 6.96. The van der Waals surface area contributed by atoms with Crippen LogP contribution in [0.15, 0.2) is 54.6 Å². The predicted octanol–water partition coefficient (Wildman–Crippen LogP) is 3.20. The Morgan fingerprint density at radius 2 is 1.75 bits per heavy atom. The van der Waals surface area contributed by atoms with Gasteiger partial charge in [0.25, 0.3) is 0 Å². The largest absolute Gasteiger partial charge is 0.355 e. The van der Waals surface area contributed by atoms with E-state index >= 15 is 0 Å². The average Bonchev–Trinajstić information content (AvgIpc) is 3.18. The Morgan fingerprint density at radius 1 is 1.04 bits per heavy atom. The minimum atomic E-state index is -3.35. The van der Waals surface area contributed by atoms with Crippen LogP contribution in [0.1, 0.15) is 20.3 Å². The zero-order chi connectivity index (χ0) is 19.7. The minimum absolute atomic E-state index is 0.108. The van der Waals surface area contributed by atoms with Crippen LogP contribution in [-0.2, 0) is 10.0 Å². The molecule has 1 fully saturated rings. The van der Waals surface area contributed by atoms with E-state index < -0.39 is 15.3 Å². The van der Waals surface area contributed by atoms with Crippen LogP contribution in [-0.4, -0.2) is 42.8 Å². The van der Waals surface area contributed by atoms with Crippen molar-refractivity contribution in [2.24, 2.45) is 0 Å². The van der Waals surface area contributed by atoms with Gasteiger partial charge in [0, 0.05) is 30.1 Å². The zero-order valence-electron chi connectivity index (χ0n) is 16.0. The summed E-state index contributed by atoms with van der Waals surface area (Å²) in [4.78, 5) is 11.6. The van der Waals surface area contributed by atoms with Gasteiger partial charge < -0.3 is 4.90 Å². The number of nitrogens with zero attached hydrogens (tertiary/aromatic N) is 3. The van der Waals surface area contributed by atoms with Crippen LogP contribution in [0, 0.1) is 0 Å². The molecule has 1 aliphatic heterocycles. The Balaban J connectivity index is 1.73. The third kappa shape index (κ3) is 3.72. The molecule has 1 saturated heterocycles. The normalized spacial score (nSPS) is 17.5. The van der Waals surface area contributed by atoms with Crippen LogP contribution in [0.25, 0.3) is 22.3 Å². The van der Waals surface area contributed by atoms with Crippen molar-refractivity contribution in [2.45, 2.75) is 31.6 Å². The summed E-state index contributed by atoms with van der Waals surface area (Å²) in [6.07, 6.45) is 0.584. The molecule has 146 valence electrons. The van der Waals surface area contributed by atoms with E-state index in [0.717, 1.165) is 22.3 Å². The van der Waals surface area contributed by atoms with Crippen molar-refractivity contribution >= 4 is 26.7 Å². The molecule has 0 spiro atoms. The summed E-state index contributed by atoms with van der Waals surface area (Å²) in [6, 6.07) is 17.6. The maximum atomic E-state index is 12.6. The van der Waals surface area contributed by atoms with Crippen molar-refractivity contribution in [1.82, 2.24) is 14.7 Å². The summed E-state index contributed by atoms with van der Waals surface area (Å²) in [5.74, 6) is 1.45. The first-order valence-corrected chi connectivity index (χ1v) is 11.1. The number of para-hydroxylation sites is 1. The molecular weight excluding hydrogens is 372 g/mol. The van der Waals surface area contributed by atoms with E-state index in [1.807, 2.05) is 68.4 Å². The van der Waals surface area contributed by atoms with Gasteiger partial charge in [0.05, 0.1) is 10.8 Å². The molecule has 0 amide bonds. The van der Waals surface area contributed by atoms with Gasteiger partial charge in [0.2, 0.25) is 10.0 Å². The summed E-state index contributed by atoms with van der Waals surface area (Å²) in [5, 5.41) is 0.501. The fraction of sp³-hybridized carbons (Fsp3) is 0.333. The topological polar surface area (TPSA) is 75.2 Å². The Morgan fingerprint density at radius 3 is 2.50 bits per heavy atom. The first-order chi connectivity index (χ1) is 13.4. The maximum Gasteiger partial charge on any atom is 0.216 e. The highest BCUT2D eigenvalue weighted by Crippen LogP contribution is 2.30. The number of hydrogen-bond donors (Lipinski definition) is 1. The van der Waals surface area contributed by atoms with Crippen LogP contribution in [0.5, 0.6) is 0 Å². The highest BCUT2D eigenvalue weighted by atomic mass is 32.2. The number of hydrogen-bond acceptors (Lipinski definition) is 5. The van der Waals surface area contributed by atoms with E-state index in [2.05, 4.69) is 9.62 Å². The smallest absolute Gasteiger partial charge is 0.216 e. The summed E-state index contributed by atoms with van der Waals surface area (Å²) in [6.45, 7) is 4.76. The number of nitrogens with one attached hydrogen (secondary N) is 1. The quantitative estimate of drug-likeness (QED) is 0.717. The van der Waals surface area contributed by atoms with E-state index in [9.17, 15) is 8.42 Å². The molecule has 2 heterocycles. The van der Waals surface area contributed by atoms with Crippen LogP contribution in [0.2, 0.25) is 0 Å². The van der Waals surface area contributed by atoms with Gasteiger partial charge in [0.15, 0.2) is 5.82 Å². The Bertz CT molecular complexity index is 1080. The Kier molecular flexibility index (Phi) is 5.03. The van der Waals surface area contributed by atoms with Gasteiger partial charge in [-0.1, -0.05) is 42.5 Å². The fourth-order valence-electron chi connectivity index (χ4n) is 3.62. The molecule has 1 unspecified atom stereocenters. The number of fused-ring (bicyclic) bond motifs is 1. The van der Waals surface area contributed by atoms with Crippen molar-refractivity contribution in [3.8, 4) is 11.4 Å². The molecule has 0 saturated carbocycles. The fourth-order valence-corrected chi connectivity index (χ4v) is 5.26. The van der Waals surface area contributed by atoms with Gasteiger partial charge >= 0.3 is 0 Å². The Labute approximate surface area is 165 Å². The van der Waals surface area contributed by atoms with E-state index in [-0.39, 0.29) is 6.04 Å². The monoisotopic (exact) mass is 396 g/mol. The molecule has 1 atom stereocenters. The molecule has 4 rings (SSSR count). The minimum Gasteiger partial charge on any atom is -0.355 e. The molecule has 28 heavy (non-hydrogen) atoms. The van der Waals surface area contributed by atoms with Crippen molar-refractivity contribution < 1.29 is 8.42 Å². The third-order valence-electron chi connectivity index (χ3n) is 4.90. The highest BCUT2D eigenvalue weighted by Gasteiger charge is 2.34. The Hall–Kier alpha value is -2.51. The lowest BCUT2D eigenvalue weighted by molar-refractivity contribution is 0.557. The molecule has 1 N–H and O–H groups in total. The van der Waals surface area contributed by atoms with Gasteiger partial charge in [-0.3, -0.25) is 0 Å². The SMILES string of the molecule is CC(C)NS(=O)(=O)C1CCN(c2nc(-c3ccccc3)nc3ccccc23)C1. The zero-order valence-corrected chi connectivity index (χ0v) is 16.9. The van der Waals surface area contributed by atoms with Gasteiger partial charge in [-0.15, -0.1) is 0 Å². The lowest BCUT2D eigenvalue weighted by Gasteiger charge is -2.21. The van der Waals surface area contributed by atoms with Crippen molar-refractivity contribution in [3.63, 3.8) is 0 Å². The average molecular weight is 397 g/mol.